The summed E-state index contributed by atoms with van der Waals surface area (Å²) < 4.78 is 0. The number of carbonyl (C=O) groups is 1. The first kappa shape index (κ1) is 12.4. The van der Waals surface area contributed by atoms with Crippen LogP contribution in [0.4, 0.5) is 5.69 Å². The number of nitrogens with one attached hydrogen (secondary N) is 1. The summed E-state index contributed by atoms with van der Waals surface area (Å²) in [5.74, 6) is -1.18. The molecule has 1 aromatic rings. The molecule has 2 rings (SSSR count). The Morgan fingerprint density at radius 2 is 2.18 bits per heavy atom. The molecule has 2 unspecified atom stereocenters. The van der Waals surface area contributed by atoms with Gasteiger partial charge in [-0.1, -0.05) is 29.6 Å². The minimum atomic E-state index is -0.788. The van der Waals surface area contributed by atoms with Gasteiger partial charge in [0.25, 0.3) is 0 Å². The van der Waals surface area contributed by atoms with Crippen LogP contribution in [-0.4, -0.2) is 27.3 Å². The fraction of sp³-hybridized carbons (Fsp3) is 0.500. The van der Waals surface area contributed by atoms with E-state index in [9.17, 15) is 4.79 Å². The van der Waals surface area contributed by atoms with Gasteiger partial charge in [-0.15, -0.1) is 10.2 Å². The fourth-order valence-electron chi connectivity index (χ4n) is 2.08. The molecule has 1 fully saturated rings. The lowest BCUT2D eigenvalue weighted by molar-refractivity contribution is -0.141. The molecule has 1 saturated carbocycles. The van der Waals surface area contributed by atoms with Gasteiger partial charge in [0.15, 0.2) is 10.3 Å². The molecule has 1 aromatic heterocycles. The molecule has 0 radical (unpaired) electrons. The quantitative estimate of drug-likeness (QED) is 0.886. The molecule has 2 atom stereocenters. The molecule has 17 heavy (non-hydrogen) atoms. The Kier molecular flexibility index (Phi) is 3.69. The maximum absolute atomic E-state index is 11.0. The highest BCUT2D eigenvalue weighted by Crippen LogP contribution is 2.31. The summed E-state index contributed by atoms with van der Waals surface area (Å²) in [6, 6.07) is 1.42. The highest BCUT2D eigenvalue weighted by molar-refractivity contribution is 6.33. The molecular formula is C10H11Cl2N3O2. The molecule has 0 bridgehead atoms. The summed E-state index contributed by atoms with van der Waals surface area (Å²) in [5, 5.41) is 19.8. The smallest absolute Gasteiger partial charge is 0.308 e. The zero-order valence-corrected chi connectivity index (χ0v) is 10.4. The van der Waals surface area contributed by atoms with Crippen LogP contribution in [0.25, 0.3) is 0 Å². The van der Waals surface area contributed by atoms with Gasteiger partial charge in [0.05, 0.1) is 11.6 Å². The van der Waals surface area contributed by atoms with E-state index in [2.05, 4.69) is 15.5 Å². The van der Waals surface area contributed by atoms with Gasteiger partial charge in [0.2, 0.25) is 0 Å². The molecular weight excluding hydrogens is 265 g/mol. The second-order valence-corrected chi connectivity index (χ2v) is 4.74. The SMILES string of the molecule is O=C(O)C1CCCC1Nc1cc(Cl)nnc1Cl. The molecule has 0 spiro atoms. The van der Waals surface area contributed by atoms with Crippen LogP contribution in [0.1, 0.15) is 19.3 Å². The predicted octanol–water partition coefficient (Wildman–Crippen LogP) is 2.45. The molecule has 1 heterocycles. The van der Waals surface area contributed by atoms with E-state index in [-0.39, 0.29) is 16.3 Å². The number of aliphatic carboxylic acids is 1. The number of nitrogens with zero attached hydrogens (tertiary/aromatic N) is 2. The third-order valence-corrected chi connectivity index (χ3v) is 3.36. The van der Waals surface area contributed by atoms with Crippen molar-refractivity contribution in [3.05, 3.63) is 16.4 Å². The molecule has 5 nitrogen and oxygen atoms in total. The Bertz CT molecular complexity index is 442. The van der Waals surface area contributed by atoms with E-state index in [4.69, 9.17) is 28.3 Å². The molecule has 0 aliphatic heterocycles. The van der Waals surface area contributed by atoms with Crippen LogP contribution in [0.3, 0.4) is 0 Å². The van der Waals surface area contributed by atoms with Crippen LogP contribution in [0.2, 0.25) is 10.3 Å². The molecule has 0 aromatic carbocycles. The Balaban J connectivity index is 2.15. The van der Waals surface area contributed by atoms with Crippen molar-refractivity contribution in [2.75, 3.05) is 5.32 Å². The van der Waals surface area contributed by atoms with E-state index in [0.717, 1.165) is 12.8 Å². The summed E-state index contributed by atoms with van der Waals surface area (Å²) in [7, 11) is 0. The van der Waals surface area contributed by atoms with Crippen molar-refractivity contribution in [2.45, 2.75) is 25.3 Å². The monoisotopic (exact) mass is 275 g/mol. The van der Waals surface area contributed by atoms with E-state index in [1.54, 1.807) is 6.07 Å². The Labute approximate surface area is 108 Å². The van der Waals surface area contributed by atoms with Crippen LogP contribution in [-0.2, 0) is 4.79 Å². The first-order chi connectivity index (χ1) is 8.08. The fourth-order valence-corrected chi connectivity index (χ4v) is 2.38. The van der Waals surface area contributed by atoms with E-state index in [1.807, 2.05) is 0 Å². The summed E-state index contributed by atoms with van der Waals surface area (Å²) in [6.07, 6.45) is 2.36. The molecule has 0 saturated heterocycles. The number of halogens is 2. The maximum atomic E-state index is 11.0. The highest BCUT2D eigenvalue weighted by atomic mass is 35.5. The van der Waals surface area contributed by atoms with E-state index < -0.39 is 11.9 Å². The van der Waals surface area contributed by atoms with Crippen molar-refractivity contribution in [3.8, 4) is 0 Å². The second-order valence-electron chi connectivity index (χ2n) is 4.00. The van der Waals surface area contributed by atoms with Crippen molar-refractivity contribution in [1.29, 1.82) is 0 Å². The highest BCUT2D eigenvalue weighted by Gasteiger charge is 2.33. The minimum absolute atomic E-state index is 0.134. The van der Waals surface area contributed by atoms with Crippen molar-refractivity contribution in [2.24, 2.45) is 5.92 Å². The topological polar surface area (TPSA) is 75.1 Å². The molecule has 92 valence electrons. The van der Waals surface area contributed by atoms with Gasteiger partial charge in [0.1, 0.15) is 0 Å². The van der Waals surface area contributed by atoms with Gasteiger partial charge in [-0.25, -0.2) is 0 Å². The predicted molar refractivity (Wildman–Crippen MR) is 64.4 cm³/mol. The third kappa shape index (κ3) is 2.79. The van der Waals surface area contributed by atoms with Gasteiger partial charge in [-0.05, 0) is 12.8 Å². The summed E-state index contributed by atoms with van der Waals surface area (Å²) >= 11 is 11.6. The number of hydrogen-bond donors (Lipinski definition) is 2. The van der Waals surface area contributed by atoms with E-state index in [0.29, 0.717) is 12.1 Å². The lowest BCUT2D eigenvalue weighted by atomic mass is 10.0. The van der Waals surface area contributed by atoms with Crippen LogP contribution in [0.5, 0.6) is 0 Å². The maximum Gasteiger partial charge on any atom is 0.308 e. The van der Waals surface area contributed by atoms with Gasteiger partial charge >= 0.3 is 5.97 Å². The van der Waals surface area contributed by atoms with E-state index in [1.165, 1.54) is 0 Å². The Morgan fingerprint density at radius 3 is 2.88 bits per heavy atom. The van der Waals surface area contributed by atoms with Gasteiger partial charge in [0, 0.05) is 12.1 Å². The number of carboxylic acids is 1. The Morgan fingerprint density at radius 1 is 1.41 bits per heavy atom. The van der Waals surface area contributed by atoms with Crippen molar-refractivity contribution in [1.82, 2.24) is 10.2 Å². The zero-order valence-electron chi connectivity index (χ0n) is 8.86. The summed E-state index contributed by atoms with van der Waals surface area (Å²) in [6.45, 7) is 0. The van der Waals surface area contributed by atoms with E-state index >= 15 is 0 Å². The first-order valence-electron chi connectivity index (χ1n) is 5.26. The van der Waals surface area contributed by atoms with Crippen LogP contribution >= 0.6 is 23.2 Å². The second kappa shape index (κ2) is 5.06. The molecule has 0 amide bonds. The third-order valence-electron chi connectivity index (χ3n) is 2.89. The lowest BCUT2D eigenvalue weighted by Gasteiger charge is -2.19. The summed E-state index contributed by atoms with van der Waals surface area (Å²) in [5.41, 5.74) is 0.532. The molecule has 2 N–H and O–H groups in total. The standard InChI is InChI=1S/C10H11Cl2N3O2/c11-8-4-7(9(12)15-14-8)13-6-3-1-2-5(6)10(16)17/h4-6H,1-3H2,(H,13,14)(H,16,17). The largest absolute Gasteiger partial charge is 0.481 e. The van der Waals surface area contributed by atoms with Gasteiger partial charge in [-0.3, -0.25) is 4.79 Å². The first-order valence-corrected chi connectivity index (χ1v) is 6.01. The lowest BCUT2D eigenvalue weighted by Crippen LogP contribution is -2.29. The zero-order chi connectivity index (χ0) is 12.4. The summed E-state index contributed by atoms with van der Waals surface area (Å²) in [4.78, 5) is 11.0. The van der Waals surface area contributed by atoms with Gasteiger partial charge < -0.3 is 10.4 Å². The average Bonchev–Trinajstić information content (AvgIpc) is 2.71. The molecule has 1 aliphatic carbocycles. The number of rotatable bonds is 3. The molecule has 7 heteroatoms. The number of hydrogen-bond acceptors (Lipinski definition) is 4. The van der Waals surface area contributed by atoms with Crippen molar-refractivity contribution in [3.63, 3.8) is 0 Å². The van der Waals surface area contributed by atoms with Gasteiger partial charge in [-0.2, -0.15) is 0 Å². The number of aromatic nitrogens is 2. The average molecular weight is 276 g/mol. The van der Waals surface area contributed by atoms with Crippen LogP contribution in [0.15, 0.2) is 6.07 Å². The number of anilines is 1. The van der Waals surface area contributed by atoms with Crippen LogP contribution in [0, 0.1) is 5.92 Å². The van der Waals surface area contributed by atoms with Crippen LogP contribution < -0.4 is 5.32 Å². The molecule has 1 aliphatic rings. The minimum Gasteiger partial charge on any atom is -0.481 e. The Hall–Kier alpha value is -1.07. The number of carboxylic acid groups (broad SMARTS) is 1. The normalized spacial score (nSPS) is 23.6. The van der Waals surface area contributed by atoms with Crippen molar-refractivity contribution >= 4 is 34.9 Å². The van der Waals surface area contributed by atoms with Crippen molar-refractivity contribution < 1.29 is 9.90 Å².